The number of benzene rings is 1. The van der Waals surface area contributed by atoms with Crippen molar-refractivity contribution < 1.29 is 13.5 Å². The molecule has 0 aliphatic carbocycles. The Bertz CT molecular complexity index is 866. The van der Waals surface area contributed by atoms with E-state index < -0.39 is 10.0 Å². The number of nitrogens with zero attached hydrogens (tertiary/aromatic N) is 2. The predicted molar refractivity (Wildman–Crippen MR) is 89.3 cm³/mol. The van der Waals surface area contributed by atoms with Gasteiger partial charge in [0.05, 0.1) is 11.4 Å². The van der Waals surface area contributed by atoms with Crippen LogP contribution in [0.4, 0.5) is 5.69 Å². The quantitative estimate of drug-likeness (QED) is 0.901. The molecule has 6 nitrogen and oxygen atoms in total. The highest BCUT2D eigenvalue weighted by Crippen LogP contribution is 2.29. The molecule has 0 fully saturated rings. The number of anilines is 1. The fraction of sp³-hybridized carbons (Fsp3) is 0.312. The number of para-hydroxylation sites is 1. The normalized spacial score (nSPS) is 15.9. The monoisotopic (exact) mass is 333 g/mol. The van der Waals surface area contributed by atoms with Gasteiger partial charge in [-0.3, -0.25) is 0 Å². The highest BCUT2D eigenvalue weighted by Gasteiger charge is 2.26. The van der Waals surface area contributed by atoms with Crippen LogP contribution in [0.25, 0.3) is 0 Å². The van der Waals surface area contributed by atoms with Gasteiger partial charge in [-0.15, -0.1) is 4.40 Å². The zero-order valence-corrected chi connectivity index (χ0v) is 13.8. The van der Waals surface area contributed by atoms with Crippen LogP contribution in [0.5, 0.6) is 5.75 Å². The second-order valence-electron chi connectivity index (χ2n) is 6.00. The number of aryl methyl sites for hydroxylation is 1. The standard InChI is InChI=1S/C16H19N3O3S/c1-11(2)7-8-19-10-12(20)9-14(19)16-17-13-5-3-4-6-15(13)23(21,22)18-16/h3-6,9-11,20H,7-8H2,1-2H3,(H,17,18). The van der Waals surface area contributed by atoms with Gasteiger partial charge in [-0.1, -0.05) is 26.0 Å². The Balaban J connectivity index is 2.02. The Labute approximate surface area is 135 Å². The summed E-state index contributed by atoms with van der Waals surface area (Å²) in [5.41, 5.74) is 1.05. The lowest BCUT2D eigenvalue weighted by Gasteiger charge is -2.19. The van der Waals surface area contributed by atoms with E-state index in [0.717, 1.165) is 6.42 Å². The number of hydrogen-bond donors (Lipinski definition) is 2. The van der Waals surface area contributed by atoms with Crippen molar-refractivity contribution in [2.24, 2.45) is 10.3 Å². The van der Waals surface area contributed by atoms with Crippen LogP contribution in [-0.4, -0.2) is 23.9 Å². The molecule has 0 atom stereocenters. The fourth-order valence-corrected chi connectivity index (χ4v) is 3.63. The minimum Gasteiger partial charge on any atom is -0.506 e. The van der Waals surface area contributed by atoms with Crippen LogP contribution < -0.4 is 5.32 Å². The maximum absolute atomic E-state index is 12.3. The topological polar surface area (TPSA) is 83.7 Å². The lowest BCUT2D eigenvalue weighted by Crippen LogP contribution is -2.25. The number of aromatic nitrogens is 1. The first kappa shape index (κ1) is 15.6. The molecule has 0 unspecified atom stereocenters. The molecule has 0 saturated carbocycles. The third-order valence-corrected chi connectivity index (χ3v) is 5.04. The lowest BCUT2D eigenvalue weighted by molar-refractivity contribution is 0.468. The van der Waals surface area contributed by atoms with Gasteiger partial charge < -0.3 is 15.0 Å². The van der Waals surface area contributed by atoms with E-state index >= 15 is 0 Å². The van der Waals surface area contributed by atoms with E-state index in [2.05, 4.69) is 23.6 Å². The number of aromatic hydroxyl groups is 1. The number of sulfonamides is 1. The second-order valence-corrected chi connectivity index (χ2v) is 7.57. The molecule has 3 rings (SSSR count). The van der Waals surface area contributed by atoms with Crippen LogP contribution in [0.15, 0.2) is 45.8 Å². The first-order chi connectivity index (χ1) is 10.9. The van der Waals surface area contributed by atoms with E-state index in [1.807, 2.05) is 4.57 Å². The van der Waals surface area contributed by atoms with Gasteiger partial charge in [0.15, 0.2) is 5.84 Å². The summed E-state index contributed by atoms with van der Waals surface area (Å²) in [5.74, 6) is 0.815. The molecule has 23 heavy (non-hydrogen) atoms. The number of fused-ring (bicyclic) bond motifs is 1. The fourth-order valence-electron chi connectivity index (χ4n) is 2.50. The van der Waals surface area contributed by atoms with Crippen LogP contribution >= 0.6 is 0 Å². The summed E-state index contributed by atoms with van der Waals surface area (Å²) in [6, 6.07) is 8.17. The average molecular weight is 333 g/mol. The van der Waals surface area contributed by atoms with Gasteiger partial charge in [0.2, 0.25) is 0 Å². The maximum atomic E-state index is 12.3. The number of rotatable bonds is 4. The van der Waals surface area contributed by atoms with Crippen molar-refractivity contribution in [3.63, 3.8) is 0 Å². The van der Waals surface area contributed by atoms with Crippen LogP contribution in [0, 0.1) is 5.92 Å². The zero-order chi connectivity index (χ0) is 16.6. The average Bonchev–Trinajstić information content (AvgIpc) is 2.85. The SMILES string of the molecule is CC(C)CCn1cc(O)cc1C1=NS(=O)(=O)c2ccccc2N1. The molecule has 1 aliphatic rings. The third-order valence-electron chi connectivity index (χ3n) is 3.70. The third kappa shape index (κ3) is 3.10. The van der Waals surface area contributed by atoms with Gasteiger partial charge in [0.1, 0.15) is 10.6 Å². The van der Waals surface area contributed by atoms with E-state index in [-0.39, 0.29) is 16.5 Å². The van der Waals surface area contributed by atoms with Crippen molar-refractivity contribution in [2.75, 3.05) is 5.32 Å². The molecule has 1 aromatic carbocycles. The molecule has 0 radical (unpaired) electrons. The maximum Gasteiger partial charge on any atom is 0.286 e. The summed E-state index contributed by atoms with van der Waals surface area (Å²) in [6.45, 7) is 4.90. The van der Waals surface area contributed by atoms with Gasteiger partial charge in [-0.05, 0) is 24.5 Å². The van der Waals surface area contributed by atoms with Crippen LogP contribution in [0.3, 0.4) is 0 Å². The van der Waals surface area contributed by atoms with Crippen molar-refractivity contribution in [2.45, 2.75) is 31.7 Å². The van der Waals surface area contributed by atoms with Gasteiger partial charge >= 0.3 is 0 Å². The molecule has 0 saturated heterocycles. The van der Waals surface area contributed by atoms with Crippen LogP contribution in [0.1, 0.15) is 26.0 Å². The molecule has 0 amide bonds. The summed E-state index contributed by atoms with van der Waals surface area (Å²) in [5, 5.41) is 12.9. The van der Waals surface area contributed by atoms with E-state index in [0.29, 0.717) is 23.8 Å². The molecule has 2 aromatic rings. The number of amidine groups is 1. The molecule has 122 valence electrons. The Morgan fingerprint density at radius 2 is 2.04 bits per heavy atom. The molecule has 1 aliphatic heterocycles. The molecular formula is C16H19N3O3S. The smallest absolute Gasteiger partial charge is 0.286 e. The van der Waals surface area contributed by atoms with Gasteiger partial charge in [-0.25, -0.2) is 0 Å². The Kier molecular flexibility index (Phi) is 3.89. The highest BCUT2D eigenvalue weighted by molar-refractivity contribution is 7.90. The Morgan fingerprint density at radius 1 is 1.30 bits per heavy atom. The van der Waals surface area contributed by atoms with Gasteiger partial charge in [-0.2, -0.15) is 8.42 Å². The summed E-state index contributed by atoms with van der Waals surface area (Å²) in [4.78, 5) is 0.160. The number of hydrogen-bond acceptors (Lipinski definition) is 4. The largest absolute Gasteiger partial charge is 0.506 e. The summed E-state index contributed by atoms with van der Waals surface area (Å²) in [6.07, 6.45) is 2.51. The van der Waals surface area contributed by atoms with Crippen molar-refractivity contribution in [3.8, 4) is 5.75 Å². The Hall–Kier alpha value is -2.28. The molecule has 0 bridgehead atoms. The van der Waals surface area contributed by atoms with Gasteiger partial charge in [0.25, 0.3) is 10.0 Å². The lowest BCUT2D eigenvalue weighted by atomic mass is 10.1. The van der Waals surface area contributed by atoms with E-state index in [4.69, 9.17) is 0 Å². The Morgan fingerprint density at radius 3 is 2.78 bits per heavy atom. The zero-order valence-electron chi connectivity index (χ0n) is 13.0. The van der Waals surface area contributed by atoms with Gasteiger partial charge in [0, 0.05) is 18.8 Å². The van der Waals surface area contributed by atoms with Crippen molar-refractivity contribution in [1.29, 1.82) is 0 Å². The first-order valence-corrected chi connectivity index (χ1v) is 8.91. The van der Waals surface area contributed by atoms with E-state index in [1.165, 1.54) is 12.1 Å². The molecule has 2 heterocycles. The summed E-state index contributed by atoms with van der Waals surface area (Å²) < 4.78 is 30.4. The highest BCUT2D eigenvalue weighted by atomic mass is 32.2. The van der Waals surface area contributed by atoms with Crippen molar-refractivity contribution in [3.05, 3.63) is 42.2 Å². The minimum atomic E-state index is -3.75. The van der Waals surface area contributed by atoms with E-state index in [1.54, 1.807) is 24.4 Å². The molecule has 2 N–H and O–H groups in total. The van der Waals surface area contributed by atoms with Crippen molar-refractivity contribution in [1.82, 2.24) is 4.57 Å². The van der Waals surface area contributed by atoms with Crippen LogP contribution in [0.2, 0.25) is 0 Å². The predicted octanol–water partition coefficient (Wildman–Crippen LogP) is 2.80. The summed E-state index contributed by atoms with van der Waals surface area (Å²) >= 11 is 0. The van der Waals surface area contributed by atoms with E-state index in [9.17, 15) is 13.5 Å². The molecule has 1 aromatic heterocycles. The summed E-state index contributed by atoms with van der Waals surface area (Å²) in [7, 11) is -3.75. The first-order valence-electron chi connectivity index (χ1n) is 7.47. The second kappa shape index (κ2) is 5.73. The molecular weight excluding hydrogens is 314 g/mol. The molecule has 0 spiro atoms. The van der Waals surface area contributed by atoms with Crippen molar-refractivity contribution >= 4 is 21.5 Å². The molecule has 7 heteroatoms. The number of nitrogens with one attached hydrogen (secondary N) is 1. The minimum absolute atomic E-state index is 0.0875. The van der Waals surface area contributed by atoms with Crippen LogP contribution in [-0.2, 0) is 16.6 Å².